The normalized spacial score (nSPS) is 30.7. The van der Waals surface area contributed by atoms with Crippen molar-refractivity contribution in [2.24, 2.45) is 17.8 Å². The molecule has 11 rings (SSSR count). The summed E-state index contributed by atoms with van der Waals surface area (Å²) in [6.07, 6.45) is 38.0. The summed E-state index contributed by atoms with van der Waals surface area (Å²) in [5.41, 5.74) is 11.5. The maximum Gasteiger partial charge on any atom is 0.145 e. The SMILES string of the molecule is C1=CC(N2c3ccccc3C3C=C(C4=CCCC=C4)C=CC32)C2OC3C=CCC(C4C=CC(n5c(-c6ccccc6)nc6ccccc65)=CC4)C3C2=C1. The quantitative estimate of drug-likeness (QED) is 0.195. The highest BCUT2D eigenvalue weighted by Crippen LogP contribution is 2.53. The molecule has 5 aliphatic carbocycles. The van der Waals surface area contributed by atoms with E-state index in [0.29, 0.717) is 23.7 Å². The third-order valence-corrected chi connectivity index (χ3v) is 12.7. The van der Waals surface area contributed by atoms with Gasteiger partial charge in [-0.05, 0) is 84.1 Å². The van der Waals surface area contributed by atoms with Gasteiger partial charge in [0, 0.05) is 28.8 Å². The Hall–Kier alpha value is -5.45. The Balaban J connectivity index is 0.880. The number of aromatic nitrogens is 2. The number of ether oxygens (including phenoxy) is 1. The van der Waals surface area contributed by atoms with Crippen molar-refractivity contribution in [2.75, 3.05) is 4.90 Å². The summed E-state index contributed by atoms with van der Waals surface area (Å²) in [4.78, 5) is 7.77. The van der Waals surface area contributed by atoms with E-state index in [-0.39, 0.29) is 24.3 Å². The number of allylic oxidation sites excluding steroid dienone is 13. The Bertz CT molecular complexity index is 2400. The summed E-state index contributed by atoms with van der Waals surface area (Å²) < 4.78 is 9.51. The third kappa shape index (κ3) is 5.03. The monoisotopic (exact) mass is 689 g/mol. The largest absolute Gasteiger partial charge is 0.363 e. The minimum atomic E-state index is 0.0271. The highest BCUT2D eigenvalue weighted by atomic mass is 16.5. The lowest BCUT2D eigenvalue weighted by Gasteiger charge is -2.40. The van der Waals surface area contributed by atoms with Crippen molar-refractivity contribution in [2.45, 2.75) is 55.9 Å². The molecule has 2 aliphatic heterocycles. The van der Waals surface area contributed by atoms with Crippen molar-refractivity contribution in [3.63, 3.8) is 0 Å². The van der Waals surface area contributed by atoms with Crippen LogP contribution in [-0.4, -0.2) is 33.8 Å². The molecular formula is C49H43N3O. The van der Waals surface area contributed by atoms with Crippen LogP contribution in [0.5, 0.6) is 0 Å². The van der Waals surface area contributed by atoms with Crippen LogP contribution in [0.1, 0.15) is 37.2 Å². The molecule has 1 saturated heterocycles. The van der Waals surface area contributed by atoms with Gasteiger partial charge in [-0.2, -0.15) is 0 Å². The molecule has 8 atom stereocenters. The first-order valence-electron chi connectivity index (χ1n) is 19.6. The third-order valence-electron chi connectivity index (χ3n) is 12.7. The molecule has 7 aliphatic rings. The van der Waals surface area contributed by atoms with Crippen LogP contribution < -0.4 is 4.90 Å². The predicted molar refractivity (Wildman–Crippen MR) is 216 cm³/mol. The van der Waals surface area contributed by atoms with Gasteiger partial charge < -0.3 is 9.64 Å². The summed E-state index contributed by atoms with van der Waals surface area (Å²) in [6, 6.07) is 28.5. The second-order valence-corrected chi connectivity index (χ2v) is 15.5. The number of rotatable bonds is 5. The molecule has 0 amide bonds. The van der Waals surface area contributed by atoms with E-state index >= 15 is 0 Å². The first kappa shape index (κ1) is 31.1. The fourth-order valence-electron chi connectivity index (χ4n) is 10.4. The van der Waals surface area contributed by atoms with Gasteiger partial charge in [0.1, 0.15) is 11.9 Å². The zero-order valence-corrected chi connectivity index (χ0v) is 29.8. The summed E-state index contributed by atoms with van der Waals surface area (Å²) in [7, 11) is 0. The predicted octanol–water partition coefficient (Wildman–Crippen LogP) is 10.7. The van der Waals surface area contributed by atoms with Gasteiger partial charge in [-0.1, -0.05) is 140 Å². The number of fused-ring (bicyclic) bond motifs is 7. The molecule has 0 N–H and O–H groups in total. The van der Waals surface area contributed by atoms with Gasteiger partial charge in [0.05, 0.1) is 29.2 Å². The highest BCUT2D eigenvalue weighted by Gasteiger charge is 2.52. The first-order valence-corrected chi connectivity index (χ1v) is 19.6. The molecule has 8 unspecified atom stereocenters. The standard InChI is InChI=1S/C49H43N3O/c1-3-13-32(14-4-1)35-27-30-43-40(31-35)38-17-7-9-21-42(38)52(43)45-23-11-19-39-47-37(18-12-24-46(47)53-48(39)45)33-25-28-36(29-26-33)51-44-22-10-8-20-41(44)50-49(51)34-15-5-2-6-16-34/h2-3,5-17,19-25,27-31,33,37,40,43,45-48H,1,4,18,26H2. The van der Waals surface area contributed by atoms with Crippen molar-refractivity contribution in [1.82, 2.24) is 9.55 Å². The molecule has 3 heterocycles. The van der Waals surface area contributed by atoms with Crippen molar-refractivity contribution in [3.8, 4) is 11.4 Å². The lowest BCUT2D eigenvalue weighted by molar-refractivity contribution is 0.0435. The van der Waals surface area contributed by atoms with Crippen LogP contribution >= 0.6 is 0 Å². The lowest BCUT2D eigenvalue weighted by Crippen LogP contribution is -2.48. The van der Waals surface area contributed by atoms with E-state index in [0.717, 1.165) is 48.1 Å². The van der Waals surface area contributed by atoms with E-state index in [1.54, 1.807) is 0 Å². The zero-order chi connectivity index (χ0) is 34.9. The molecule has 4 heteroatoms. The Morgan fingerprint density at radius 2 is 1.60 bits per heavy atom. The maximum atomic E-state index is 7.16. The maximum absolute atomic E-state index is 7.16. The smallest absolute Gasteiger partial charge is 0.145 e. The zero-order valence-electron chi connectivity index (χ0n) is 29.8. The highest BCUT2D eigenvalue weighted by molar-refractivity contribution is 5.87. The van der Waals surface area contributed by atoms with E-state index in [9.17, 15) is 0 Å². The molecule has 4 nitrogen and oxygen atoms in total. The Morgan fingerprint density at radius 3 is 2.49 bits per heavy atom. The van der Waals surface area contributed by atoms with E-state index < -0.39 is 0 Å². The Labute approximate surface area is 311 Å². The average Bonchev–Trinajstić information content (AvgIpc) is 3.91. The fourth-order valence-corrected chi connectivity index (χ4v) is 10.4. The van der Waals surface area contributed by atoms with Crippen molar-refractivity contribution >= 4 is 22.4 Å². The van der Waals surface area contributed by atoms with Gasteiger partial charge in [-0.3, -0.25) is 4.57 Å². The van der Waals surface area contributed by atoms with E-state index in [2.05, 4.69) is 173 Å². The molecular weight excluding hydrogens is 647 g/mol. The summed E-state index contributed by atoms with van der Waals surface area (Å²) in [5.74, 6) is 2.59. The van der Waals surface area contributed by atoms with Crippen LogP contribution in [0.4, 0.5) is 5.69 Å². The van der Waals surface area contributed by atoms with Crippen LogP contribution in [0.25, 0.3) is 28.1 Å². The minimum Gasteiger partial charge on any atom is -0.363 e. The number of para-hydroxylation sites is 3. The molecule has 53 heavy (non-hydrogen) atoms. The summed E-state index contributed by atoms with van der Waals surface area (Å²) in [6.45, 7) is 0. The van der Waals surface area contributed by atoms with Crippen molar-refractivity contribution in [3.05, 3.63) is 186 Å². The average molecular weight is 690 g/mol. The van der Waals surface area contributed by atoms with E-state index in [1.165, 1.54) is 33.7 Å². The molecule has 1 aromatic heterocycles. The van der Waals surface area contributed by atoms with Crippen LogP contribution in [-0.2, 0) is 4.74 Å². The lowest BCUT2D eigenvalue weighted by atomic mass is 9.68. The second kappa shape index (κ2) is 12.6. The number of hydrogen-bond donors (Lipinski definition) is 0. The van der Waals surface area contributed by atoms with Gasteiger partial charge in [-0.25, -0.2) is 4.98 Å². The molecule has 0 saturated carbocycles. The van der Waals surface area contributed by atoms with Gasteiger partial charge in [0.2, 0.25) is 0 Å². The topological polar surface area (TPSA) is 30.3 Å². The van der Waals surface area contributed by atoms with Gasteiger partial charge in [-0.15, -0.1) is 0 Å². The molecule has 0 spiro atoms. The molecule has 0 radical (unpaired) electrons. The minimum absolute atomic E-state index is 0.0271. The molecule has 3 aromatic carbocycles. The van der Waals surface area contributed by atoms with Crippen LogP contribution in [0.3, 0.4) is 0 Å². The van der Waals surface area contributed by atoms with Crippen LogP contribution in [0, 0.1) is 17.8 Å². The Morgan fingerprint density at radius 1 is 0.717 bits per heavy atom. The number of nitrogens with zero attached hydrogens (tertiary/aromatic N) is 3. The van der Waals surface area contributed by atoms with Crippen molar-refractivity contribution in [1.29, 1.82) is 0 Å². The number of benzene rings is 3. The number of hydrogen-bond acceptors (Lipinski definition) is 3. The van der Waals surface area contributed by atoms with Gasteiger partial charge >= 0.3 is 0 Å². The number of imidazole rings is 1. The molecule has 0 bridgehead atoms. The fraction of sp³-hybridized carbons (Fsp3) is 0.245. The molecule has 1 fully saturated rings. The van der Waals surface area contributed by atoms with E-state index in [1.807, 2.05) is 0 Å². The van der Waals surface area contributed by atoms with Crippen LogP contribution in [0.2, 0.25) is 0 Å². The summed E-state index contributed by atoms with van der Waals surface area (Å²) >= 11 is 0. The molecule has 4 aromatic rings. The Kier molecular flexibility index (Phi) is 7.40. The van der Waals surface area contributed by atoms with Crippen molar-refractivity contribution < 1.29 is 4.74 Å². The summed E-state index contributed by atoms with van der Waals surface area (Å²) in [5, 5.41) is 0. The second-order valence-electron chi connectivity index (χ2n) is 15.5. The van der Waals surface area contributed by atoms with Gasteiger partial charge in [0.15, 0.2) is 0 Å². The van der Waals surface area contributed by atoms with E-state index in [4.69, 9.17) is 9.72 Å². The first-order chi connectivity index (χ1) is 26.3. The van der Waals surface area contributed by atoms with Gasteiger partial charge in [0.25, 0.3) is 0 Å². The van der Waals surface area contributed by atoms with Crippen LogP contribution in [0.15, 0.2) is 181 Å². The molecule has 260 valence electrons. The number of anilines is 1.